The fourth-order valence-corrected chi connectivity index (χ4v) is 2.41. The van der Waals surface area contributed by atoms with Gasteiger partial charge in [0.15, 0.2) is 0 Å². The van der Waals surface area contributed by atoms with Crippen molar-refractivity contribution in [3.8, 4) is 11.6 Å². The topological polar surface area (TPSA) is 129 Å². The molecule has 0 aliphatic heterocycles. The Morgan fingerprint density at radius 2 is 2.04 bits per heavy atom. The molecule has 0 spiro atoms. The number of amides is 1. The molecular formula is C18H15N5O4. The molecule has 27 heavy (non-hydrogen) atoms. The summed E-state index contributed by atoms with van der Waals surface area (Å²) in [6, 6.07) is 9.99. The van der Waals surface area contributed by atoms with Crippen molar-refractivity contribution in [1.29, 1.82) is 0 Å². The second-order valence-corrected chi connectivity index (χ2v) is 5.56. The fourth-order valence-electron chi connectivity index (χ4n) is 2.41. The Morgan fingerprint density at radius 3 is 2.74 bits per heavy atom. The van der Waals surface area contributed by atoms with Crippen molar-refractivity contribution < 1.29 is 9.90 Å². The number of rotatable bonds is 4. The molecule has 2 aromatic heterocycles. The lowest BCUT2D eigenvalue weighted by atomic mass is 10.2. The van der Waals surface area contributed by atoms with E-state index in [2.05, 4.69) is 20.5 Å². The van der Waals surface area contributed by atoms with Gasteiger partial charge in [0, 0.05) is 12.4 Å². The summed E-state index contributed by atoms with van der Waals surface area (Å²) in [6.07, 6.45) is 3.84. The van der Waals surface area contributed by atoms with Crippen LogP contribution in [0.2, 0.25) is 0 Å². The number of benzene rings is 1. The standard InChI is InChI=1S/C18H15N5O4/c1-11-5-2-3-7-14(11)23-17(26)13(16(25)21-18(23)27)10-20-22-15(24)12-6-4-8-19-9-12/h2-10,26H,1H3,(H,22,24)(H,21,25,27). The summed E-state index contributed by atoms with van der Waals surface area (Å²) in [4.78, 5) is 42.1. The van der Waals surface area contributed by atoms with Gasteiger partial charge in [-0.05, 0) is 30.7 Å². The van der Waals surface area contributed by atoms with E-state index in [0.29, 0.717) is 5.69 Å². The lowest BCUT2D eigenvalue weighted by molar-refractivity contribution is 0.0954. The minimum atomic E-state index is -0.832. The van der Waals surface area contributed by atoms with Gasteiger partial charge in [0.25, 0.3) is 11.5 Å². The smallest absolute Gasteiger partial charge is 0.335 e. The molecule has 0 aliphatic carbocycles. The van der Waals surface area contributed by atoms with E-state index in [1.165, 1.54) is 12.4 Å². The average molecular weight is 365 g/mol. The van der Waals surface area contributed by atoms with Crippen LogP contribution in [0.15, 0.2) is 63.5 Å². The summed E-state index contributed by atoms with van der Waals surface area (Å²) in [6.45, 7) is 1.76. The summed E-state index contributed by atoms with van der Waals surface area (Å²) in [5.41, 5.74) is 1.73. The molecule has 0 saturated carbocycles. The summed E-state index contributed by atoms with van der Waals surface area (Å²) in [5, 5.41) is 14.1. The van der Waals surface area contributed by atoms with Gasteiger partial charge >= 0.3 is 5.69 Å². The van der Waals surface area contributed by atoms with Crippen LogP contribution in [0.25, 0.3) is 5.69 Å². The molecule has 3 aromatic rings. The number of carbonyl (C=O) groups is 1. The number of aromatic hydroxyl groups is 1. The fraction of sp³-hybridized carbons (Fsp3) is 0.0556. The molecule has 0 unspecified atom stereocenters. The number of nitrogens with zero attached hydrogens (tertiary/aromatic N) is 3. The first-order valence-corrected chi connectivity index (χ1v) is 7.87. The van der Waals surface area contributed by atoms with Crippen molar-refractivity contribution in [3.63, 3.8) is 0 Å². The largest absolute Gasteiger partial charge is 0.493 e. The zero-order valence-electron chi connectivity index (χ0n) is 14.2. The minimum absolute atomic E-state index is 0.274. The number of carbonyl (C=O) groups excluding carboxylic acids is 1. The van der Waals surface area contributed by atoms with Crippen molar-refractivity contribution in [2.24, 2.45) is 5.10 Å². The Balaban J connectivity index is 1.96. The van der Waals surface area contributed by atoms with Crippen molar-refractivity contribution >= 4 is 12.1 Å². The number of H-pyrrole nitrogens is 1. The maximum Gasteiger partial charge on any atom is 0.335 e. The molecule has 1 aromatic carbocycles. The van der Waals surface area contributed by atoms with Gasteiger partial charge in [-0.3, -0.25) is 19.6 Å². The van der Waals surface area contributed by atoms with Gasteiger partial charge in [0.05, 0.1) is 17.5 Å². The molecule has 136 valence electrons. The zero-order valence-corrected chi connectivity index (χ0v) is 14.2. The molecule has 0 fully saturated rings. The first kappa shape index (κ1) is 17.8. The molecule has 0 saturated heterocycles. The van der Waals surface area contributed by atoms with Crippen LogP contribution in [0.3, 0.4) is 0 Å². The van der Waals surface area contributed by atoms with E-state index in [1.807, 2.05) is 0 Å². The number of nitrogens with one attached hydrogen (secondary N) is 2. The lowest BCUT2D eigenvalue weighted by Gasteiger charge is -2.11. The molecule has 3 N–H and O–H groups in total. The molecule has 9 nitrogen and oxygen atoms in total. The minimum Gasteiger partial charge on any atom is -0.493 e. The number of pyridine rings is 1. The van der Waals surface area contributed by atoms with E-state index in [4.69, 9.17) is 0 Å². The number of hydrogen-bond donors (Lipinski definition) is 3. The van der Waals surface area contributed by atoms with Gasteiger partial charge in [-0.25, -0.2) is 14.8 Å². The summed E-state index contributed by atoms with van der Waals surface area (Å²) >= 11 is 0. The molecule has 1 amide bonds. The number of hydrogen-bond acceptors (Lipinski definition) is 6. The highest BCUT2D eigenvalue weighted by atomic mass is 16.3. The Morgan fingerprint density at radius 1 is 1.26 bits per heavy atom. The molecule has 0 aliphatic rings. The summed E-state index contributed by atoms with van der Waals surface area (Å²) in [7, 11) is 0. The molecule has 0 bridgehead atoms. The highest BCUT2D eigenvalue weighted by molar-refractivity contribution is 5.94. The van der Waals surface area contributed by atoms with Gasteiger partial charge in [-0.15, -0.1) is 0 Å². The van der Waals surface area contributed by atoms with Crippen molar-refractivity contribution in [2.45, 2.75) is 6.92 Å². The van der Waals surface area contributed by atoms with Crippen molar-refractivity contribution in [3.05, 3.63) is 86.3 Å². The SMILES string of the molecule is Cc1ccccc1-n1c(O)c(C=NNC(=O)c2cccnc2)c(=O)[nH]c1=O. The van der Waals surface area contributed by atoms with Crippen LogP contribution >= 0.6 is 0 Å². The summed E-state index contributed by atoms with van der Waals surface area (Å²) < 4.78 is 0.959. The quantitative estimate of drug-likeness (QED) is 0.463. The third-order valence-corrected chi connectivity index (χ3v) is 3.76. The van der Waals surface area contributed by atoms with Gasteiger partial charge in [-0.1, -0.05) is 18.2 Å². The maximum atomic E-state index is 12.2. The number of aryl methyl sites for hydroxylation is 1. The highest BCUT2D eigenvalue weighted by Crippen LogP contribution is 2.18. The Bertz CT molecular complexity index is 1130. The van der Waals surface area contributed by atoms with Crippen LogP contribution in [0.1, 0.15) is 21.5 Å². The number of hydrazone groups is 1. The Kier molecular flexibility index (Phi) is 4.93. The third kappa shape index (κ3) is 3.66. The first-order valence-electron chi connectivity index (χ1n) is 7.87. The second-order valence-electron chi connectivity index (χ2n) is 5.56. The second kappa shape index (κ2) is 7.48. The van der Waals surface area contributed by atoms with E-state index in [1.54, 1.807) is 43.3 Å². The number of para-hydroxylation sites is 1. The van der Waals surface area contributed by atoms with Crippen LogP contribution in [-0.4, -0.2) is 31.8 Å². The summed E-state index contributed by atoms with van der Waals surface area (Å²) in [5.74, 6) is -1.13. The Labute approximate surface area is 152 Å². The Hall–Kier alpha value is -4.01. The molecular weight excluding hydrogens is 350 g/mol. The lowest BCUT2D eigenvalue weighted by Crippen LogP contribution is -2.32. The zero-order chi connectivity index (χ0) is 19.4. The van der Waals surface area contributed by atoms with Gasteiger partial charge in [0.1, 0.15) is 5.56 Å². The maximum absolute atomic E-state index is 12.2. The predicted molar refractivity (Wildman–Crippen MR) is 98.4 cm³/mol. The predicted octanol–water partition coefficient (Wildman–Crippen LogP) is 0.699. The van der Waals surface area contributed by atoms with Gasteiger partial charge < -0.3 is 5.11 Å². The molecule has 0 radical (unpaired) electrons. The van der Waals surface area contributed by atoms with E-state index < -0.39 is 23.0 Å². The van der Waals surface area contributed by atoms with Crippen LogP contribution in [0.5, 0.6) is 5.88 Å². The molecule has 9 heteroatoms. The molecule has 0 atom stereocenters. The monoisotopic (exact) mass is 365 g/mol. The van der Waals surface area contributed by atoms with Gasteiger partial charge in [0.2, 0.25) is 5.88 Å². The molecule has 3 rings (SSSR count). The van der Waals surface area contributed by atoms with E-state index in [-0.39, 0.29) is 11.1 Å². The van der Waals surface area contributed by atoms with Crippen LogP contribution in [0.4, 0.5) is 0 Å². The number of aromatic amines is 1. The van der Waals surface area contributed by atoms with Crippen LogP contribution < -0.4 is 16.7 Å². The third-order valence-electron chi connectivity index (χ3n) is 3.76. The van der Waals surface area contributed by atoms with Crippen molar-refractivity contribution in [2.75, 3.05) is 0 Å². The van der Waals surface area contributed by atoms with Crippen LogP contribution in [0, 0.1) is 6.92 Å². The first-order chi connectivity index (χ1) is 13.0. The van der Waals surface area contributed by atoms with E-state index >= 15 is 0 Å². The van der Waals surface area contributed by atoms with Gasteiger partial charge in [-0.2, -0.15) is 5.10 Å². The highest BCUT2D eigenvalue weighted by Gasteiger charge is 2.15. The van der Waals surface area contributed by atoms with E-state index in [9.17, 15) is 19.5 Å². The van der Waals surface area contributed by atoms with E-state index in [0.717, 1.165) is 16.3 Å². The van der Waals surface area contributed by atoms with Crippen molar-refractivity contribution in [1.82, 2.24) is 20.0 Å². The normalized spacial score (nSPS) is 10.9. The molecule has 2 heterocycles. The number of aromatic nitrogens is 3. The average Bonchev–Trinajstić information content (AvgIpc) is 2.66. The van der Waals surface area contributed by atoms with Crippen LogP contribution in [-0.2, 0) is 0 Å².